The summed E-state index contributed by atoms with van der Waals surface area (Å²) < 4.78 is 42.6. The average Bonchev–Trinajstić information content (AvgIpc) is 2.66. The fourth-order valence-electron chi connectivity index (χ4n) is 8.99. The normalized spacial score (nSPS) is 20.8. The van der Waals surface area contributed by atoms with E-state index < -0.39 is 64.7 Å². The van der Waals surface area contributed by atoms with Crippen molar-refractivity contribution in [3.8, 4) is 11.5 Å². The van der Waals surface area contributed by atoms with Gasteiger partial charge < -0.3 is 37.6 Å². The number of carboxylic acids is 1. The smallest absolute Gasteiger partial charge is 0.343 e. The van der Waals surface area contributed by atoms with E-state index in [1.807, 2.05) is 30.4 Å². The highest BCUT2D eigenvalue weighted by atomic mass is 28.4. The van der Waals surface area contributed by atoms with Gasteiger partial charge in [-0.05, 0) is 121 Å². The van der Waals surface area contributed by atoms with Gasteiger partial charge in [0.1, 0.15) is 41.4 Å². The summed E-state index contributed by atoms with van der Waals surface area (Å²) in [6.07, 6.45) is 17.4. The number of allylic oxidation sites excluding steroid dienone is 4. The van der Waals surface area contributed by atoms with Crippen molar-refractivity contribution < 1.29 is 66.4 Å². The number of hydrogen-bond donors (Lipinski definition) is 1. The van der Waals surface area contributed by atoms with Gasteiger partial charge in [0.05, 0.1) is 23.3 Å². The Morgan fingerprint density at radius 1 is 0.588 bits per heavy atom. The van der Waals surface area contributed by atoms with Crippen LogP contribution < -0.4 is 9.47 Å². The minimum absolute atomic E-state index is 0.0102. The number of benzene rings is 4. The molecule has 2 heterocycles. The fourth-order valence-corrected chi connectivity index (χ4v) is 11.9. The number of ether oxygens (including phenoxy) is 5. The maximum Gasteiger partial charge on any atom is 0.343 e. The summed E-state index contributed by atoms with van der Waals surface area (Å²) in [5.74, 6) is -3.40. The Bertz CT molecular complexity index is 3040. The van der Waals surface area contributed by atoms with E-state index >= 15 is 0 Å². The lowest BCUT2D eigenvalue weighted by Gasteiger charge is -2.41. The van der Waals surface area contributed by atoms with Crippen LogP contribution in [-0.2, 0) is 45.5 Å². The molecule has 0 bridgehead atoms. The monoisotopic (exact) mass is 1200 g/mol. The number of esters is 5. The number of carboxylic acid groups (broad SMARTS) is 1. The molecule has 456 valence electrons. The van der Waals surface area contributed by atoms with Gasteiger partial charge in [0.2, 0.25) is 0 Å². The van der Waals surface area contributed by atoms with Gasteiger partial charge in [-0.25, -0.2) is 28.8 Å². The Kier molecular flexibility index (Phi) is 25.6. The first-order valence-electron chi connectivity index (χ1n) is 29.3. The number of hydrogen-bond acceptors (Lipinski definition) is 13. The number of rotatable bonds is 16. The Morgan fingerprint density at radius 3 is 1.36 bits per heavy atom. The van der Waals surface area contributed by atoms with E-state index in [0.717, 1.165) is 18.9 Å². The molecule has 0 unspecified atom stereocenters. The number of cyclic esters (lactones) is 2. The molecule has 14 nitrogen and oxygen atoms in total. The van der Waals surface area contributed by atoms with Gasteiger partial charge in [-0.1, -0.05) is 165 Å². The number of fused-ring (bicyclic) bond motifs is 2. The molecular formula is C69H88O14Si2. The molecule has 0 spiro atoms. The first kappa shape index (κ1) is 68.5. The van der Waals surface area contributed by atoms with Crippen LogP contribution in [0, 0.1) is 11.8 Å². The molecule has 2 aliphatic heterocycles. The standard InChI is InChI=1S/C36H46O7Si.C33H42O7Si/c1-8-24-40-32(37)23-15-21-29-25-31(43-44(6,7)36(3,4)5)26(2)16-12-13-17-27-20-14-22-30(33(27)35(39)41-29)42-34(38)28-18-10-9-11-19-28;1-23-14-10-11-15-24-18-12-20-27(39-31(36)25-16-8-7-9-17-25)30(24)32(37)38-26(19-13-21-29(34)35)22-28(23)40-41(5,6)33(2,3)4/h8-15,18-20,22-23,26,29,31H,1,16-17,21,24-25H2,2-7H3;7-13,16-18,20-21,23,26,28H,14-15,19,22H2,1-6H3,(H,34,35)/b13-12+,23-15+;11-10+,21-13+/t26-,29-,31+;23-,26-,28+/m00/s1. The van der Waals surface area contributed by atoms with E-state index in [0.29, 0.717) is 47.9 Å². The van der Waals surface area contributed by atoms with E-state index in [4.69, 9.17) is 37.6 Å². The molecule has 0 saturated heterocycles. The van der Waals surface area contributed by atoms with Gasteiger partial charge in [0, 0.05) is 37.8 Å². The Morgan fingerprint density at radius 2 is 0.988 bits per heavy atom. The molecule has 85 heavy (non-hydrogen) atoms. The molecule has 0 aromatic heterocycles. The van der Waals surface area contributed by atoms with Gasteiger partial charge >= 0.3 is 35.8 Å². The maximum atomic E-state index is 13.9. The lowest BCUT2D eigenvalue weighted by Crippen LogP contribution is -2.46. The first-order chi connectivity index (χ1) is 40.1. The predicted octanol–water partition coefficient (Wildman–Crippen LogP) is 15.4. The van der Waals surface area contributed by atoms with E-state index in [1.165, 1.54) is 18.2 Å². The van der Waals surface area contributed by atoms with Crippen molar-refractivity contribution in [2.24, 2.45) is 11.8 Å². The molecule has 6 atom stereocenters. The van der Waals surface area contributed by atoms with Crippen LogP contribution in [0.5, 0.6) is 11.5 Å². The molecule has 0 amide bonds. The second kappa shape index (κ2) is 31.8. The molecule has 0 fully saturated rings. The Labute approximate surface area is 505 Å². The lowest BCUT2D eigenvalue weighted by molar-refractivity contribution is -0.136. The maximum absolute atomic E-state index is 13.9. The topological polar surface area (TPSA) is 187 Å². The molecule has 16 heteroatoms. The third-order valence-electron chi connectivity index (χ3n) is 16.0. The fraction of sp³-hybridized carbons (Fsp3) is 0.420. The van der Waals surface area contributed by atoms with E-state index in [2.05, 4.69) is 100 Å². The van der Waals surface area contributed by atoms with Crippen molar-refractivity contribution in [3.63, 3.8) is 0 Å². The van der Waals surface area contributed by atoms with Crippen LogP contribution in [0.1, 0.15) is 146 Å². The molecule has 0 saturated carbocycles. The van der Waals surface area contributed by atoms with E-state index in [9.17, 15) is 28.8 Å². The highest BCUT2D eigenvalue weighted by molar-refractivity contribution is 6.74. The second-order valence-electron chi connectivity index (χ2n) is 24.8. The van der Waals surface area contributed by atoms with Crippen molar-refractivity contribution in [3.05, 3.63) is 192 Å². The van der Waals surface area contributed by atoms with Crippen molar-refractivity contribution in [2.45, 2.75) is 167 Å². The largest absolute Gasteiger partial charge is 0.478 e. The first-order valence-corrected chi connectivity index (χ1v) is 35.1. The summed E-state index contributed by atoms with van der Waals surface area (Å²) in [5, 5.41) is 9.13. The second-order valence-corrected chi connectivity index (χ2v) is 34.3. The van der Waals surface area contributed by atoms with Gasteiger partial charge in [0.25, 0.3) is 0 Å². The van der Waals surface area contributed by atoms with Crippen molar-refractivity contribution >= 4 is 52.5 Å². The summed E-state index contributed by atoms with van der Waals surface area (Å²) in [6, 6.07) is 27.6. The molecule has 4 aromatic carbocycles. The highest BCUT2D eigenvalue weighted by Crippen LogP contribution is 2.41. The van der Waals surface area contributed by atoms with Crippen molar-refractivity contribution in [2.75, 3.05) is 6.61 Å². The zero-order valence-electron chi connectivity index (χ0n) is 51.7. The van der Waals surface area contributed by atoms with Gasteiger partial charge in [0.15, 0.2) is 16.6 Å². The number of carbonyl (C=O) groups excluding carboxylic acids is 5. The van der Waals surface area contributed by atoms with Crippen LogP contribution in [-0.4, -0.2) is 88.6 Å². The molecule has 4 aromatic rings. The summed E-state index contributed by atoms with van der Waals surface area (Å²) in [4.78, 5) is 76.9. The quantitative estimate of drug-likeness (QED) is 0.0279. The summed E-state index contributed by atoms with van der Waals surface area (Å²) in [6.45, 7) is 29.9. The SMILES string of the molecule is C=CCOC(=O)/C=C/C[C@H]1C[C@@H](O[Si](C)(C)C(C)(C)C)[C@@H](C)C/C=C/Cc2cccc(OC(=O)c3ccccc3)c2C(=O)O1.C[C@H]1C/C=C/Cc2cccc(OC(=O)c3ccccc3)c2C(=O)O[C@@H](C/C=C/C(=O)O)C[C@H]1O[Si](C)(C)C(C)(C)C. The summed E-state index contributed by atoms with van der Waals surface area (Å²) >= 11 is 0. The Hall–Kier alpha value is -7.25. The van der Waals surface area contributed by atoms with Crippen LogP contribution in [0.15, 0.2) is 158 Å². The molecule has 0 aliphatic carbocycles. The average molecular weight is 1200 g/mol. The molecule has 2 aliphatic rings. The summed E-state index contributed by atoms with van der Waals surface area (Å²) in [5.41, 5.74) is 2.49. The zero-order valence-corrected chi connectivity index (χ0v) is 53.7. The van der Waals surface area contributed by atoms with Crippen LogP contribution in [0.25, 0.3) is 0 Å². The van der Waals surface area contributed by atoms with Crippen LogP contribution >= 0.6 is 0 Å². The van der Waals surface area contributed by atoms with Crippen molar-refractivity contribution in [1.29, 1.82) is 0 Å². The number of carbonyl (C=O) groups is 6. The van der Waals surface area contributed by atoms with E-state index in [-0.39, 0.29) is 76.2 Å². The third kappa shape index (κ3) is 21.0. The van der Waals surface area contributed by atoms with Crippen LogP contribution in [0.2, 0.25) is 36.3 Å². The van der Waals surface area contributed by atoms with E-state index in [1.54, 1.807) is 84.9 Å². The molecule has 6 rings (SSSR count). The number of aliphatic carboxylic acids is 1. The van der Waals surface area contributed by atoms with Crippen LogP contribution in [0.3, 0.4) is 0 Å². The highest BCUT2D eigenvalue weighted by Gasteiger charge is 2.43. The van der Waals surface area contributed by atoms with Crippen LogP contribution in [0.4, 0.5) is 0 Å². The predicted molar refractivity (Wildman–Crippen MR) is 337 cm³/mol. The molecule has 1 N–H and O–H groups in total. The lowest BCUT2D eigenvalue weighted by atomic mass is 9.93. The third-order valence-corrected chi connectivity index (χ3v) is 25.1. The summed E-state index contributed by atoms with van der Waals surface area (Å²) in [7, 11) is -4.35. The molecule has 0 radical (unpaired) electrons. The zero-order chi connectivity index (χ0) is 62.5. The minimum Gasteiger partial charge on any atom is -0.478 e. The Balaban J connectivity index is 0.000000311. The minimum atomic E-state index is -2.18. The van der Waals surface area contributed by atoms with Gasteiger partial charge in [-0.2, -0.15) is 0 Å². The van der Waals surface area contributed by atoms with Gasteiger partial charge in [-0.15, -0.1) is 0 Å². The van der Waals surface area contributed by atoms with Crippen molar-refractivity contribution in [1.82, 2.24) is 0 Å². The van der Waals surface area contributed by atoms with Gasteiger partial charge in [-0.3, -0.25) is 0 Å². The molecular weight excluding hydrogens is 1110 g/mol.